The lowest BCUT2D eigenvalue weighted by Crippen LogP contribution is -2.44. The SMILES string of the molecule is CC(CN1CCCC1)NC(=O)C(N)c1cnn(C)c1. The third-order valence-electron chi connectivity index (χ3n) is 3.49. The van der Waals surface area contributed by atoms with Gasteiger partial charge < -0.3 is 16.0 Å². The van der Waals surface area contributed by atoms with E-state index in [1.807, 2.05) is 14.0 Å². The van der Waals surface area contributed by atoms with E-state index in [9.17, 15) is 4.79 Å². The fraction of sp³-hybridized carbons (Fsp3) is 0.692. The fourth-order valence-electron chi connectivity index (χ4n) is 2.48. The number of nitrogens with zero attached hydrogens (tertiary/aromatic N) is 3. The number of hydrogen-bond donors (Lipinski definition) is 2. The van der Waals surface area contributed by atoms with Gasteiger partial charge in [-0.05, 0) is 32.9 Å². The maximum absolute atomic E-state index is 12.0. The second kappa shape index (κ2) is 6.16. The largest absolute Gasteiger partial charge is 0.351 e. The molecule has 1 aromatic rings. The minimum absolute atomic E-state index is 0.119. The molecule has 106 valence electrons. The minimum Gasteiger partial charge on any atom is -0.351 e. The first-order valence-electron chi connectivity index (χ1n) is 6.83. The molecule has 0 aromatic carbocycles. The van der Waals surface area contributed by atoms with Gasteiger partial charge in [0.05, 0.1) is 6.20 Å². The molecule has 6 heteroatoms. The number of nitrogens with one attached hydrogen (secondary N) is 1. The molecule has 2 atom stereocenters. The Balaban J connectivity index is 1.82. The minimum atomic E-state index is -0.644. The van der Waals surface area contributed by atoms with Gasteiger partial charge >= 0.3 is 0 Å². The highest BCUT2D eigenvalue weighted by molar-refractivity contribution is 5.83. The zero-order valence-corrected chi connectivity index (χ0v) is 11.7. The molecule has 3 N–H and O–H groups in total. The Morgan fingerprint density at radius 1 is 1.53 bits per heavy atom. The molecule has 2 heterocycles. The highest BCUT2D eigenvalue weighted by Crippen LogP contribution is 2.10. The quantitative estimate of drug-likeness (QED) is 0.787. The Hall–Kier alpha value is -1.40. The van der Waals surface area contributed by atoms with Gasteiger partial charge in [0.1, 0.15) is 6.04 Å². The van der Waals surface area contributed by atoms with E-state index < -0.39 is 6.04 Å². The lowest BCUT2D eigenvalue weighted by molar-refractivity contribution is -0.123. The number of carbonyl (C=O) groups excluding carboxylic acids is 1. The predicted octanol–water partition coefficient (Wildman–Crippen LogP) is 0.0204. The molecule has 6 nitrogen and oxygen atoms in total. The summed E-state index contributed by atoms with van der Waals surface area (Å²) in [6, 6.07) is -0.525. The zero-order chi connectivity index (χ0) is 13.8. The lowest BCUT2D eigenvalue weighted by Gasteiger charge is -2.22. The summed E-state index contributed by atoms with van der Waals surface area (Å²) in [5.41, 5.74) is 6.67. The summed E-state index contributed by atoms with van der Waals surface area (Å²) in [4.78, 5) is 14.4. The van der Waals surface area contributed by atoms with Gasteiger partial charge in [-0.25, -0.2) is 0 Å². The van der Waals surface area contributed by atoms with Gasteiger partial charge in [-0.15, -0.1) is 0 Å². The van der Waals surface area contributed by atoms with E-state index in [-0.39, 0.29) is 11.9 Å². The number of aromatic nitrogens is 2. The average Bonchev–Trinajstić information content (AvgIpc) is 2.99. The number of rotatable bonds is 5. The molecule has 19 heavy (non-hydrogen) atoms. The number of amides is 1. The summed E-state index contributed by atoms with van der Waals surface area (Å²) >= 11 is 0. The molecule has 0 spiro atoms. The zero-order valence-electron chi connectivity index (χ0n) is 11.7. The van der Waals surface area contributed by atoms with Crippen LogP contribution in [0.4, 0.5) is 0 Å². The number of hydrogen-bond acceptors (Lipinski definition) is 4. The van der Waals surface area contributed by atoms with Crippen LogP contribution in [0, 0.1) is 0 Å². The van der Waals surface area contributed by atoms with E-state index in [1.54, 1.807) is 17.1 Å². The topological polar surface area (TPSA) is 76.2 Å². The molecule has 1 aliphatic rings. The standard InChI is InChI=1S/C13H23N5O/c1-10(8-18-5-3-4-6-18)16-13(19)12(14)11-7-15-17(2)9-11/h7,9-10,12H,3-6,8,14H2,1-2H3,(H,16,19). The van der Waals surface area contributed by atoms with Gasteiger partial charge in [-0.2, -0.15) is 5.10 Å². The number of aryl methyl sites for hydroxylation is 1. The van der Waals surface area contributed by atoms with Crippen LogP contribution in [-0.4, -0.2) is 46.3 Å². The Labute approximate surface area is 113 Å². The van der Waals surface area contributed by atoms with Crippen LogP contribution in [0.15, 0.2) is 12.4 Å². The number of likely N-dealkylation sites (tertiary alicyclic amines) is 1. The van der Waals surface area contributed by atoms with Crippen LogP contribution in [-0.2, 0) is 11.8 Å². The third kappa shape index (κ3) is 3.78. The lowest BCUT2D eigenvalue weighted by atomic mass is 10.1. The van der Waals surface area contributed by atoms with Gasteiger partial charge in [0.15, 0.2) is 0 Å². The van der Waals surface area contributed by atoms with Crippen molar-refractivity contribution in [2.24, 2.45) is 12.8 Å². The summed E-state index contributed by atoms with van der Waals surface area (Å²) in [6.45, 7) is 5.18. The maximum Gasteiger partial charge on any atom is 0.241 e. The van der Waals surface area contributed by atoms with Crippen molar-refractivity contribution >= 4 is 5.91 Å². The summed E-state index contributed by atoms with van der Waals surface area (Å²) < 4.78 is 1.65. The highest BCUT2D eigenvalue weighted by atomic mass is 16.2. The van der Waals surface area contributed by atoms with E-state index in [1.165, 1.54) is 12.8 Å². The third-order valence-corrected chi connectivity index (χ3v) is 3.49. The Morgan fingerprint density at radius 3 is 2.79 bits per heavy atom. The molecule has 2 unspecified atom stereocenters. The molecular weight excluding hydrogens is 242 g/mol. The molecule has 0 saturated carbocycles. The smallest absolute Gasteiger partial charge is 0.241 e. The van der Waals surface area contributed by atoms with Gasteiger partial charge in [0, 0.05) is 31.4 Å². The molecule has 2 rings (SSSR count). The Morgan fingerprint density at radius 2 is 2.21 bits per heavy atom. The van der Waals surface area contributed by atoms with Crippen molar-refractivity contribution in [3.63, 3.8) is 0 Å². The van der Waals surface area contributed by atoms with Gasteiger partial charge in [0.2, 0.25) is 5.91 Å². The van der Waals surface area contributed by atoms with Crippen molar-refractivity contribution in [2.75, 3.05) is 19.6 Å². The van der Waals surface area contributed by atoms with Crippen LogP contribution < -0.4 is 11.1 Å². The first-order chi connectivity index (χ1) is 9.06. The van der Waals surface area contributed by atoms with Crippen molar-refractivity contribution in [3.8, 4) is 0 Å². The first-order valence-corrected chi connectivity index (χ1v) is 6.83. The summed E-state index contributed by atoms with van der Waals surface area (Å²) in [7, 11) is 1.81. The molecule has 1 saturated heterocycles. The maximum atomic E-state index is 12.0. The van der Waals surface area contributed by atoms with E-state index in [0.717, 1.165) is 25.2 Å². The van der Waals surface area contributed by atoms with Gasteiger partial charge in [0.25, 0.3) is 0 Å². The molecule has 0 aliphatic carbocycles. The first kappa shape index (κ1) is 14.0. The van der Waals surface area contributed by atoms with E-state index in [2.05, 4.69) is 15.3 Å². The van der Waals surface area contributed by atoms with Crippen molar-refractivity contribution in [2.45, 2.75) is 31.8 Å². The Bertz CT molecular complexity index is 424. The number of carbonyl (C=O) groups is 1. The molecule has 0 radical (unpaired) electrons. The highest BCUT2D eigenvalue weighted by Gasteiger charge is 2.21. The molecule has 1 aromatic heterocycles. The summed E-state index contributed by atoms with van der Waals surface area (Å²) in [5, 5.41) is 7.00. The van der Waals surface area contributed by atoms with Crippen LogP contribution >= 0.6 is 0 Å². The summed E-state index contributed by atoms with van der Waals surface area (Å²) in [6.07, 6.45) is 5.93. The Kier molecular flexibility index (Phi) is 4.55. The molecule has 1 amide bonds. The molecular formula is C13H23N5O. The summed E-state index contributed by atoms with van der Waals surface area (Å²) in [5.74, 6) is -0.139. The predicted molar refractivity (Wildman–Crippen MR) is 73.4 cm³/mol. The van der Waals surface area contributed by atoms with E-state index in [4.69, 9.17) is 5.73 Å². The van der Waals surface area contributed by atoms with Crippen LogP contribution in [0.25, 0.3) is 0 Å². The molecule has 1 fully saturated rings. The van der Waals surface area contributed by atoms with Crippen LogP contribution in [0.1, 0.15) is 31.4 Å². The van der Waals surface area contributed by atoms with E-state index >= 15 is 0 Å². The van der Waals surface area contributed by atoms with Crippen molar-refractivity contribution < 1.29 is 4.79 Å². The van der Waals surface area contributed by atoms with Crippen LogP contribution in [0.5, 0.6) is 0 Å². The number of nitrogens with two attached hydrogens (primary N) is 1. The van der Waals surface area contributed by atoms with Gasteiger partial charge in [-0.1, -0.05) is 0 Å². The molecule has 1 aliphatic heterocycles. The fourth-order valence-corrected chi connectivity index (χ4v) is 2.48. The van der Waals surface area contributed by atoms with Crippen molar-refractivity contribution in [1.29, 1.82) is 0 Å². The van der Waals surface area contributed by atoms with Crippen molar-refractivity contribution in [3.05, 3.63) is 18.0 Å². The van der Waals surface area contributed by atoms with E-state index in [0.29, 0.717) is 0 Å². The van der Waals surface area contributed by atoms with Crippen molar-refractivity contribution in [1.82, 2.24) is 20.0 Å². The van der Waals surface area contributed by atoms with Crippen LogP contribution in [0.2, 0.25) is 0 Å². The monoisotopic (exact) mass is 265 g/mol. The second-order valence-electron chi connectivity index (χ2n) is 5.34. The normalized spacial score (nSPS) is 19.3. The average molecular weight is 265 g/mol. The van der Waals surface area contributed by atoms with Gasteiger partial charge in [-0.3, -0.25) is 9.48 Å². The molecule has 0 bridgehead atoms. The second-order valence-corrected chi connectivity index (χ2v) is 5.34. The van der Waals surface area contributed by atoms with Crippen LogP contribution in [0.3, 0.4) is 0 Å².